The van der Waals surface area contributed by atoms with Gasteiger partial charge in [0.15, 0.2) is 0 Å². The third kappa shape index (κ3) is 870. The lowest BCUT2D eigenvalue weighted by Crippen LogP contribution is -1.69. The Kier molecular flexibility index (Phi) is 12.4. The van der Waals surface area contributed by atoms with Crippen LogP contribution in [0.2, 0.25) is 0 Å². The fourth-order valence-corrected chi connectivity index (χ4v) is 0. The number of carbonyl (C=O) groups is 2. The molecule has 0 spiro atoms. The average molecular weight is 116 g/mol. The third-order valence-electron chi connectivity index (χ3n) is 0.167. The van der Waals surface area contributed by atoms with Crippen LogP contribution in [0.5, 0.6) is 0 Å². The van der Waals surface area contributed by atoms with Crippen LogP contribution in [-0.2, 0) is 9.59 Å². The van der Waals surface area contributed by atoms with Crippen molar-refractivity contribution in [3.8, 4) is 0 Å². The van der Waals surface area contributed by atoms with Gasteiger partial charge < -0.3 is 9.59 Å². The lowest BCUT2D eigenvalue weighted by molar-refractivity contribution is -0.115. The monoisotopic (exact) mass is 116 g/mol. The Balaban J connectivity index is 0. The SMILES string of the molecule is CC(C)=O.CCC=O. The van der Waals surface area contributed by atoms with E-state index < -0.39 is 0 Å². The van der Waals surface area contributed by atoms with Gasteiger partial charge in [-0.15, -0.1) is 0 Å². The molecular weight excluding hydrogens is 104 g/mol. The third-order valence-corrected chi connectivity index (χ3v) is 0.167. The summed E-state index contributed by atoms with van der Waals surface area (Å²) in [6.07, 6.45) is 1.51. The molecule has 0 rings (SSSR count). The molecular formula is C6H12O2. The highest BCUT2D eigenvalue weighted by molar-refractivity contribution is 5.72. The van der Waals surface area contributed by atoms with Crippen LogP contribution in [0.3, 0.4) is 0 Å². The molecule has 0 heterocycles. The Labute approximate surface area is 49.9 Å². The van der Waals surface area contributed by atoms with Gasteiger partial charge >= 0.3 is 0 Å². The van der Waals surface area contributed by atoms with Crippen molar-refractivity contribution in [3.63, 3.8) is 0 Å². The first-order valence-electron chi connectivity index (χ1n) is 2.56. The van der Waals surface area contributed by atoms with Crippen LogP contribution >= 0.6 is 0 Å². The van der Waals surface area contributed by atoms with Crippen LogP contribution in [0.15, 0.2) is 0 Å². The Bertz CT molecular complexity index is 62.9. The van der Waals surface area contributed by atoms with Crippen molar-refractivity contribution in [2.45, 2.75) is 27.2 Å². The number of aldehydes is 1. The second-order valence-electron chi connectivity index (χ2n) is 1.48. The summed E-state index contributed by atoms with van der Waals surface area (Å²) in [5.74, 6) is 0.167. The summed E-state index contributed by atoms with van der Waals surface area (Å²) in [4.78, 5) is 18.6. The zero-order valence-electron chi connectivity index (χ0n) is 5.60. The van der Waals surface area contributed by atoms with Gasteiger partial charge in [-0.2, -0.15) is 0 Å². The average Bonchev–Trinajstić information content (AvgIpc) is 1.65. The quantitative estimate of drug-likeness (QED) is 0.482. The number of carbonyl (C=O) groups excluding carboxylic acids is 2. The molecule has 0 amide bonds. The maximum Gasteiger partial charge on any atom is 0.126 e. The number of hydrogen-bond acceptors (Lipinski definition) is 2. The smallest absolute Gasteiger partial charge is 0.126 e. The molecule has 0 unspecified atom stereocenters. The minimum atomic E-state index is 0.167. The predicted molar refractivity (Wildman–Crippen MR) is 32.7 cm³/mol. The first kappa shape index (κ1) is 10.3. The van der Waals surface area contributed by atoms with Gasteiger partial charge in [0.25, 0.3) is 0 Å². The zero-order valence-corrected chi connectivity index (χ0v) is 5.60. The summed E-state index contributed by atoms with van der Waals surface area (Å²) in [7, 11) is 0. The van der Waals surface area contributed by atoms with E-state index in [0.717, 1.165) is 6.29 Å². The van der Waals surface area contributed by atoms with Gasteiger partial charge in [0, 0.05) is 6.42 Å². The second-order valence-corrected chi connectivity index (χ2v) is 1.48. The van der Waals surface area contributed by atoms with E-state index in [2.05, 4.69) is 0 Å². The van der Waals surface area contributed by atoms with Crippen LogP contribution in [0.1, 0.15) is 27.2 Å². The summed E-state index contributed by atoms with van der Waals surface area (Å²) in [6, 6.07) is 0. The van der Waals surface area contributed by atoms with Gasteiger partial charge in [-0.05, 0) is 13.8 Å². The molecule has 2 heteroatoms. The summed E-state index contributed by atoms with van der Waals surface area (Å²) in [5.41, 5.74) is 0. The maximum absolute atomic E-state index is 9.44. The molecule has 0 bridgehead atoms. The number of rotatable bonds is 1. The van der Waals surface area contributed by atoms with E-state index in [4.69, 9.17) is 0 Å². The molecule has 48 valence electrons. The molecule has 0 aromatic heterocycles. The molecule has 0 saturated carbocycles. The number of hydrogen-bond donors (Lipinski definition) is 0. The normalized spacial score (nSPS) is 6.38. The molecule has 8 heavy (non-hydrogen) atoms. The standard InChI is InChI=1S/2C3H6O/c1-3(2)4;1-2-3-4/h1-2H3;3H,2H2,1H3. The van der Waals surface area contributed by atoms with Gasteiger partial charge in [0.2, 0.25) is 0 Å². The van der Waals surface area contributed by atoms with E-state index in [1.807, 2.05) is 6.92 Å². The van der Waals surface area contributed by atoms with E-state index in [9.17, 15) is 9.59 Å². The molecule has 0 atom stereocenters. The molecule has 0 aliphatic heterocycles. The summed E-state index contributed by atoms with van der Waals surface area (Å²) < 4.78 is 0. The molecule has 0 radical (unpaired) electrons. The van der Waals surface area contributed by atoms with E-state index in [0.29, 0.717) is 6.42 Å². The highest BCUT2D eigenvalue weighted by atomic mass is 16.1. The Morgan fingerprint density at radius 1 is 1.50 bits per heavy atom. The molecule has 0 aliphatic rings. The minimum Gasteiger partial charge on any atom is -0.303 e. The second kappa shape index (κ2) is 9.60. The van der Waals surface area contributed by atoms with Gasteiger partial charge in [-0.1, -0.05) is 6.92 Å². The van der Waals surface area contributed by atoms with Crippen molar-refractivity contribution >= 4 is 12.1 Å². The van der Waals surface area contributed by atoms with Crippen LogP contribution in [0.4, 0.5) is 0 Å². The largest absolute Gasteiger partial charge is 0.303 e. The fourth-order valence-electron chi connectivity index (χ4n) is 0. The van der Waals surface area contributed by atoms with Crippen LogP contribution in [0, 0.1) is 0 Å². The number of ketones is 1. The van der Waals surface area contributed by atoms with Crippen molar-refractivity contribution in [2.75, 3.05) is 0 Å². The van der Waals surface area contributed by atoms with Gasteiger partial charge in [-0.25, -0.2) is 0 Å². The first-order chi connectivity index (χ1) is 3.65. The molecule has 2 nitrogen and oxygen atoms in total. The van der Waals surface area contributed by atoms with Crippen molar-refractivity contribution in [1.29, 1.82) is 0 Å². The highest BCUT2D eigenvalue weighted by Crippen LogP contribution is 1.53. The Morgan fingerprint density at radius 3 is 1.62 bits per heavy atom. The highest BCUT2D eigenvalue weighted by Gasteiger charge is 1.62. The molecule has 0 fully saturated rings. The van der Waals surface area contributed by atoms with Crippen LogP contribution in [-0.4, -0.2) is 12.1 Å². The van der Waals surface area contributed by atoms with E-state index >= 15 is 0 Å². The molecule has 0 aromatic carbocycles. The lowest BCUT2D eigenvalue weighted by atomic mass is 10.6. The number of Topliss-reactive ketones (excluding diaryl/α,β-unsaturated/α-hetero) is 1. The fraction of sp³-hybridized carbons (Fsp3) is 0.667. The summed E-state index contributed by atoms with van der Waals surface area (Å²) >= 11 is 0. The minimum absolute atomic E-state index is 0.167. The predicted octanol–water partition coefficient (Wildman–Crippen LogP) is 1.19. The summed E-state index contributed by atoms with van der Waals surface area (Å²) in [6.45, 7) is 4.87. The van der Waals surface area contributed by atoms with E-state index in [1.165, 1.54) is 13.8 Å². The lowest BCUT2D eigenvalue weighted by Gasteiger charge is -1.56. The first-order valence-corrected chi connectivity index (χ1v) is 2.56. The van der Waals surface area contributed by atoms with Crippen molar-refractivity contribution in [2.24, 2.45) is 0 Å². The Hall–Kier alpha value is -0.660. The Morgan fingerprint density at radius 2 is 1.62 bits per heavy atom. The summed E-state index contributed by atoms with van der Waals surface area (Å²) in [5, 5.41) is 0. The van der Waals surface area contributed by atoms with E-state index in [-0.39, 0.29) is 5.78 Å². The van der Waals surface area contributed by atoms with Gasteiger partial charge in [-0.3, -0.25) is 0 Å². The van der Waals surface area contributed by atoms with Crippen molar-refractivity contribution < 1.29 is 9.59 Å². The van der Waals surface area contributed by atoms with Crippen LogP contribution in [0.25, 0.3) is 0 Å². The van der Waals surface area contributed by atoms with Gasteiger partial charge in [0.05, 0.1) is 0 Å². The molecule has 0 N–H and O–H groups in total. The van der Waals surface area contributed by atoms with Crippen LogP contribution < -0.4 is 0 Å². The van der Waals surface area contributed by atoms with Crippen molar-refractivity contribution in [3.05, 3.63) is 0 Å². The topological polar surface area (TPSA) is 34.1 Å². The zero-order chi connectivity index (χ0) is 6.99. The molecule has 0 aliphatic carbocycles. The molecule has 0 saturated heterocycles. The van der Waals surface area contributed by atoms with Crippen molar-refractivity contribution in [1.82, 2.24) is 0 Å². The maximum atomic E-state index is 9.44. The molecule has 0 aromatic rings. The van der Waals surface area contributed by atoms with E-state index in [1.54, 1.807) is 0 Å². The van der Waals surface area contributed by atoms with Gasteiger partial charge in [0.1, 0.15) is 12.1 Å².